The van der Waals surface area contributed by atoms with Gasteiger partial charge in [0.05, 0.1) is 42.9 Å². The van der Waals surface area contributed by atoms with Crippen molar-refractivity contribution in [3.8, 4) is 17.6 Å². The van der Waals surface area contributed by atoms with Gasteiger partial charge in [-0.2, -0.15) is 5.26 Å². The Labute approximate surface area is 139 Å². The molecule has 2 aromatic carbocycles. The van der Waals surface area contributed by atoms with Crippen molar-refractivity contribution in [3.63, 3.8) is 0 Å². The molecule has 1 atom stereocenters. The number of nitrogens with two attached hydrogens (primary N) is 1. The van der Waals surface area contributed by atoms with Crippen LogP contribution in [0.1, 0.15) is 17.0 Å². The van der Waals surface area contributed by atoms with E-state index >= 15 is 0 Å². The molecule has 7 heteroatoms. The standard InChI is InChI=1S/C17H17N3O4/c1-23-14-5-3-12(16(9-14)20(21)22)7-13(10-18)11-4-6-17(24-2)15(19)8-11/h3-6,8-9,13H,7,19H2,1-2H3. The molecule has 124 valence electrons. The van der Waals surface area contributed by atoms with Gasteiger partial charge in [-0.3, -0.25) is 10.1 Å². The van der Waals surface area contributed by atoms with E-state index < -0.39 is 10.8 Å². The molecule has 7 nitrogen and oxygen atoms in total. The van der Waals surface area contributed by atoms with Crippen molar-refractivity contribution in [2.24, 2.45) is 0 Å². The first-order valence-electron chi connectivity index (χ1n) is 7.14. The van der Waals surface area contributed by atoms with Crippen LogP contribution in [0.25, 0.3) is 0 Å². The highest BCUT2D eigenvalue weighted by Gasteiger charge is 2.21. The van der Waals surface area contributed by atoms with E-state index in [-0.39, 0.29) is 12.1 Å². The minimum Gasteiger partial charge on any atom is -0.497 e. The number of methoxy groups -OCH3 is 2. The van der Waals surface area contributed by atoms with Gasteiger partial charge in [-0.25, -0.2) is 0 Å². The first-order chi connectivity index (χ1) is 11.5. The first-order valence-corrected chi connectivity index (χ1v) is 7.14. The zero-order valence-corrected chi connectivity index (χ0v) is 13.4. The summed E-state index contributed by atoms with van der Waals surface area (Å²) < 4.78 is 10.1. The number of hydrogen-bond acceptors (Lipinski definition) is 6. The molecule has 2 N–H and O–H groups in total. The molecule has 0 aliphatic carbocycles. The maximum atomic E-state index is 11.3. The largest absolute Gasteiger partial charge is 0.497 e. The smallest absolute Gasteiger partial charge is 0.276 e. The molecule has 24 heavy (non-hydrogen) atoms. The van der Waals surface area contributed by atoms with E-state index in [1.165, 1.54) is 20.3 Å². The average molecular weight is 327 g/mol. The summed E-state index contributed by atoms with van der Waals surface area (Å²) >= 11 is 0. The number of nitriles is 1. The van der Waals surface area contributed by atoms with E-state index in [2.05, 4.69) is 6.07 Å². The van der Waals surface area contributed by atoms with Gasteiger partial charge in [0, 0.05) is 5.56 Å². The Kier molecular flexibility index (Phi) is 5.22. The molecule has 0 spiro atoms. The average Bonchev–Trinajstić information content (AvgIpc) is 2.59. The lowest BCUT2D eigenvalue weighted by Crippen LogP contribution is -2.05. The van der Waals surface area contributed by atoms with E-state index in [1.54, 1.807) is 30.3 Å². The van der Waals surface area contributed by atoms with Crippen LogP contribution in [-0.2, 0) is 6.42 Å². The van der Waals surface area contributed by atoms with Gasteiger partial charge < -0.3 is 15.2 Å². The molecule has 0 aromatic heterocycles. The number of nitro groups is 1. The summed E-state index contributed by atoms with van der Waals surface area (Å²) in [7, 11) is 2.95. The van der Waals surface area contributed by atoms with Gasteiger partial charge in [0.1, 0.15) is 11.5 Å². The number of nitrogens with zero attached hydrogens (tertiary/aromatic N) is 2. The third kappa shape index (κ3) is 3.55. The second kappa shape index (κ2) is 7.33. The maximum absolute atomic E-state index is 11.3. The van der Waals surface area contributed by atoms with E-state index in [0.29, 0.717) is 28.3 Å². The Hall–Kier alpha value is -3.27. The van der Waals surface area contributed by atoms with E-state index in [1.807, 2.05) is 0 Å². The zero-order valence-electron chi connectivity index (χ0n) is 13.4. The normalized spacial score (nSPS) is 11.4. The summed E-state index contributed by atoms with van der Waals surface area (Å²) in [5.74, 6) is 0.351. The molecule has 2 aromatic rings. The van der Waals surface area contributed by atoms with Crippen molar-refractivity contribution >= 4 is 11.4 Å². The number of nitro benzene ring substituents is 1. The molecular formula is C17H17N3O4. The van der Waals surface area contributed by atoms with Crippen LogP contribution in [0.15, 0.2) is 36.4 Å². The Bertz CT molecular complexity index is 799. The Balaban J connectivity index is 2.36. The van der Waals surface area contributed by atoms with Crippen LogP contribution in [0.2, 0.25) is 0 Å². The third-order valence-corrected chi connectivity index (χ3v) is 3.73. The summed E-state index contributed by atoms with van der Waals surface area (Å²) in [5.41, 5.74) is 7.36. The van der Waals surface area contributed by atoms with E-state index in [0.717, 1.165) is 0 Å². The molecule has 0 heterocycles. The minimum atomic E-state index is -0.565. The molecule has 0 bridgehead atoms. The van der Waals surface area contributed by atoms with Gasteiger partial charge in [-0.1, -0.05) is 6.07 Å². The maximum Gasteiger partial charge on any atom is 0.276 e. The van der Waals surface area contributed by atoms with Crippen molar-refractivity contribution < 1.29 is 14.4 Å². The predicted octanol–water partition coefficient (Wildman–Crippen LogP) is 3.04. The molecule has 0 saturated carbocycles. The highest BCUT2D eigenvalue weighted by Crippen LogP contribution is 2.32. The Morgan fingerprint density at radius 1 is 1.25 bits per heavy atom. The third-order valence-electron chi connectivity index (χ3n) is 3.73. The highest BCUT2D eigenvalue weighted by atomic mass is 16.6. The molecule has 0 radical (unpaired) electrons. The van der Waals surface area contributed by atoms with Gasteiger partial charge in [-0.05, 0) is 36.2 Å². The second-order valence-electron chi connectivity index (χ2n) is 5.14. The second-order valence-corrected chi connectivity index (χ2v) is 5.14. The number of ether oxygens (including phenoxy) is 2. The zero-order chi connectivity index (χ0) is 17.7. The van der Waals surface area contributed by atoms with Crippen LogP contribution in [0, 0.1) is 21.4 Å². The van der Waals surface area contributed by atoms with Gasteiger partial charge in [0.2, 0.25) is 0 Å². The van der Waals surface area contributed by atoms with Crippen molar-refractivity contribution in [3.05, 3.63) is 57.6 Å². The first kappa shape index (κ1) is 17.1. The topological polar surface area (TPSA) is 111 Å². The minimum absolute atomic E-state index is 0.0731. The molecule has 0 aliphatic heterocycles. The molecular weight excluding hydrogens is 310 g/mol. The SMILES string of the molecule is COc1ccc(CC(C#N)c2ccc(OC)c(N)c2)c([N+](=O)[O-])c1. The summed E-state index contributed by atoms with van der Waals surface area (Å²) in [4.78, 5) is 10.8. The van der Waals surface area contributed by atoms with Crippen molar-refractivity contribution in [1.82, 2.24) is 0 Å². The van der Waals surface area contributed by atoms with Gasteiger partial charge in [0.15, 0.2) is 0 Å². The van der Waals surface area contributed by atoms with E-state index in [4.69, 9.17) is 15.2 Å². The van der Waals surface area contributed by atoms with Crippen LogP contribution >= 0.6 is 0 Å². The van der Waals surface area contributed by atoms with Crippen LogP contribution in [-0.4, -0.2) is 19.1 Å². The molecule has 2 rings (SSSR count). The number of rotatable bonds is 6. The molecule has 0 saturated heterocycles. The summed E-state index contributed by atoms with van der Waals surface area (Å²) in [6.45, 7) is 0. The highest BCUT2D eigenvalue weighted by molar-refractivity contribution is 5.56. The lowest BCUT2D eigenvalue weighted by Gasteiger charge is -2.13. The fraction of sp³-hybridized carbons (Fsp3) is 0.235. The lowest BCUT2D eigenvalue weighted by molar-refractivity contribution is -0.385. The van der Waals surface area contributed by atoms with E-state index in [9.17, 15) is 15.4 Å². The Morgan fingerprint density at radius 2 is 2.00 bits per heavy atom. The monoisotopic (exact) mass is 327 g/mol. The van der Waals surface area contributed by atoms with Gasteiger partial charge in [0.25, 0.3) is 5.69 Å². The number of anilines is 1. The predicted molar refractivity (Wildman–Crippen MR) is 89.1 cm³/mol. The molecule has 0 fully saturated rings. The Morgan fingerprint density at radius 3 is 2.54 bits per heavy atom. The fourth-order valence-corrected chi connectivity index (χ4v) is 2.44. The molecule has 0 aliphatic rings. The number of hydrogen-bond donors (Lipinski definition) is 1. The van der Waals surface area contributed by atoms with Gasteiger partial charge >= 0.3 is 0 Å². The number of nitrogen functional groups attached to an aromatic ring is 1. The van der Waals surface area contributed by atoms with Crippen LogP contribution in [0.4, 0.5) is 11.4 Å². The molecule has 1 unspecified atom stereocenters. The van der Waals surface area contributed by atoms with Crippen molar-refractivity contribution in [2.45, 2.75) is 12.3 Å². The fourth-order valence-electron chi connectivity index (χ4n) is 2.44. The summed E-state index contributed by atoms with van der Waals surface area (Å²) in [6, 6.07) is 11.8. The van der Waals surface area contributed by atoms with Crippen LogP contribution in [0.5, 0.6) is 11.5 Å². The quantitative estimate of drug-likeness (QED) is 0.496. The molecule has 0 amide bonds. The number of benzene rings is 2. The summed E-state index contributed by atoms with van der Waals surface area (Å²) in [6.07, 6.45) is 0.197. The van der Waals surface area contributed by atoms with Gasteiger partial charge in [-0.15, -0.1) is 0 Å². The summed E-state index contributed by atoms with van der Waals surface area (Å²) in [5, 5.41) is 20.7. The van der Waals surface area contributed by atoms with Crippen LogP contribution in [0.3, 0.4) is 0 Å². The van der Waals surface area contributed by atoms with Crippen LogP contribution < -0.4 is 15.2 Å². The van der Waals surface area contributed by atoms with Crippen molar-refractivity contribution in [1.29, 1.82) is 5.26 Å². The lowest BCUT2D eigenvalue weighted by atomic mass is 9.92. The van der Waals surface area contributed by atoms with Crippen molar-refractivity contribution in [2.75, 3.05) is 20.0 Å².